The normalized spacial score (nSPS) is 37.2. The molecule has 6 N–H and O–H groups in total. The number of carbonyl (C=O) groups is 4. The molecule has 2 bridgehead atoms. The Labute approximate surface area is 354 Å². The molecule has 2 radical (unpaired) electrons. The second-order valence-corrected chi connectivity index (χ2v) is 14.0. The van der Waals surface area contributed by atoms with Crippen molar-refractivity contribution in [3.63, 3.8) is 0 Å². The number of ether oxygens (including phenoxy) is 3. The first kappa shape index (κ1) is 43.0. The molecule has 0 spiro atoms. The number of halogens is 1. The molecular weight excluding hydrogens is 1080 g/mol. The van der Waals surface area contributed by atoms with E-state index in [9.17, 15) is 49.1 Å². The van der Waals surface area contributed by atoms with E-state index >= 15 is 0 Å². The van der Waals surface area contributed by atoms with Gasteiger partial charge in [0.05, 0.1) is 30.3 Å². The van der Waals surface area contributed by atoms with Gasteiger partial charge in [0.2, 0.25) is 5.91 Å². The number of benzene rings is 1. The van der Waals surface area contributed by atoms with Crippen molar-refractivity contribution in [3.8, 4) is 0 Å². The number of hydrogen-bond donors (Lipinski definition) is 6. The molecule has 3 aliphatic carbocycles. The molecule has 1 heterocycles. The zero-order valence-electron chi connectivity index (χ0n) is 28.2. The van der Waals surface area contributed by atoms with Gasteiger partial charge in [-0.25, -0.2) is 9.18 Å². The number of aliphatic hydroxyl groups excluding tert-OH is 3. The number of amides is 1. The molecule has 5 rings (SSSR count). The number of ketones is 1. The number of esters is 2. The first-order valence-corrected chi connectivity index (χ1v) is 15.5. The van der Waals surface area contributed by atoms with E-state index < -0.39 is 106 Å². The Bertz CT molecular complexity index is 1520. The number of nitrogens with one attached hydrogen (secondary N) is 1. The maximum Gasteiger partial charge on any atom is 0.338 e. The average Bonchev–Trinajstić information content (AvgIpc) is 2.98. The van der Waals surface area contributed by atoms with Crippen LogP contribution in [0, 0.1) is 111 Å². The largest absolute Gasteiger partial charge is 0.459 e. The van der Waals surface area contributed by atoms with E-state index in [1.165, 1.54) is 39.8 Å². The van der Waals surface area contributed by atoms with Gasteiger partial charge < -0.3 is 45.1 Å². The van der Waals surface area contributed by atoms with Crippen molar-refractivity contribution in [1.29, 1.82) is 0 Å². The third-order valence-electron chi connectivity index (χ3n) is 11.1. The molecule has 0 aromatic heterocycles. The summed E-state index contributed by atoms with van der Waals surface area (Å²) < 4.78 is 30.7. The number of carbonyl (C=O) groups excluding carboxylic acids is 4. The van der Waals surface area contributed by atoms with Crippen LogP contribution in [0.4, 0.5) is 4.39 Å². The molecule has 13 nitrogen and oxygen atoms in total. The molecule has 3 fully saturated rings. The van der Waals surface area contributed by atoms with Gasteiger partial charge in [-0.05, 0) is 42.7 Å². The van der Waals surface area contributed by atoms with Crippen molar-refractivity contribution in [2.45, 2.75) is 108 Å². The third-order valence-corrected chi connectivity index (χ3v) is 11.1. The Hall–Kier alpha value is -0.387. The summed E-state index contributed by atoms with van der Waals surface area (Å²) in [6.07, 6.45) is -10.2. The summed E-state index contributed by atoms with van der Waals surface area (Å²) in [5, 5.41) is 61.4. The maximum atomic E-state index is 14.3. The number of hydrogen-bond acceptors (Lipinski definition) is 12. The topological polar surface area (TPSA) is 209 Å². The van der Waals surface area contributed by atoms with Crippen LogP contribution in [0.1, 0.15) is 66.0 Å². The van der Waals surface area contributed by atoms with Crippen LogP contribution in [0.5, 0.6) is 0 Å². The summed E-state index contributed by atoms with van der Waals surface area (Å²) >= 11 is 0. The molecule has 49 heavy (non-hydrogen) atoms. The van der Waals surface area contributed by atoms with Crippen LogP contribution in [0.2, 0.25) is 0 Å². The SMILES string of the molecule is CC(=O)N[C@@H](c1ccc(F)cc1)[C@@H](O)C(=O)OC1C[C@@]2(O)[C@@H](OC(C)=O)[C@@H]3[C@]4(O)CO[C@@H]4C[C@H](O)[C@@]3(C)C(=O)[C@H](O)C(=C1C)C2(C)C.[Ac].[Ac]. The van der Waals surface area contributed by atoms with Gasteiger partial charge in [-0.2, -0.15) is 0 Å². The number of Topliss-reactive ketones (excluding diaryl/α,β-unsaturated/α-hetero) is 1. The van der Waals surface area contributed by atoms with Gasteiger partial charge in [0, 0.05) is 126 Å². The fourth-order valence-corrected chi connectivity index (χ4v) is 8.38. The fourth-order valence-electron chi connectivity index (χ4n) is 8.38. The summed E-state index contributed by atoms with van der Waals surface area (Å²) in [7, 11) is 0. The van der Waals surface area contributed by atoms with E-state index in [0.29, 0.717) is 0 Å². The summed E-state index contributed by atoms with van der Waals surface area (Å²) in [6.45, 7) is 7.81. The molecule has 4 aliphatic rings. The van der Waals surface area contributed by atoms with Crippen molar-refractivity contribution in [1.82, 2.24) is 5.32 Å². The Balaban J connectivity index is 0.00000325. The molecular formula is C33H42Ac2FNO12. The molecule has 16 heteroatoms. The van der Waals surface area contributed by atoms with Crippen LogP contribution in [0.25, 0.3) is 0 Å². The fraction of sp³-hybridized carbons (Fsp3) is 0.636. The van der Waals surface area contributed by atoms with Crippen LogP contribution in [0.3, 0.4) is 0 Å². The van der Waals surface area contributed by atoms with Gasteiger partial charge in [0.25, 0.3) is 0 Å². The molecule has 1 amide bonds. The van der Waals surface area contributed by atoms with Crippen molar-refractivity contribution in [2.75, 3.05) is 6.61 Å². The minimum Gasteiger partial charge on any atom is -0.459 e. The van der Waals surface area contributed by atoms with Gasteiger partial charge in [-0.15, -0.1) is 0 Å². The molecule has 264 valence electrons. The van der Waals surface area contributed by atoms with Gasteiger partial charge in [0.15, 0.2) is 11.9 Å². The standard InChI is InChI=1S/C33H42FNO12.2Ac/c1-14-19(47-29(42)25(40)23(35-15(2)36)17-7-9-18(34)10-8-17)12-33(44)28(46-16(3)37)26-31(6,20(38)11-21-32(26,43)13-45-21)27(41)24(39)22(14)30(33,4)5;;/h7-10,19-21,23-26,28,38-40,43-44H,11-13H2,1-6H3,(H,35,36);;/t19?,20-,21+,23-,24+,25+,26-,28-,31+,32-,33+;;/m0../s1. The Morgan fingerprint density at radius 1 is 1.04 bits per heavy atom. The number of fused-ring (bicyclic) bond motifs is 5. The first-order chi connectivity index (χ1) is 21.7. The number of rotatable bonds is 6. The monoisotopic (exact) mass is 1120 g/mol. The Kier molecular flexibility index (Phi) is 13.3. The van der Waals surface area contributed by atoms with Gasteiger partial charge >= 0.3 is 11.9 Å². The van der Waals surface area contributed by atoms with Crippen molar-refractivity contribution < 1.29 is 151 Å². The molecule has 1 aliphatic heterocycles. The first-order valence-electron chi connectivity index (χ1n) is 15.5. The van der Waals surface area contributed by atoms with Gasteiger partial charge in [-0.3, -0.25) is 14.4 Å². The minimum atomic E-state index is -2.25. The molecule has 1 unspecified atom stereocenters. The molecule has 2 saturated carbocycles. The predicted octanol–water partition coefficient (Wildman–Crippen LogP) is 0.145. The van der Waals surface area contributed by atoms with Crippen LogP contribution in [0.15, 0.2) is 35.4 Å². The van der Waals surface area contributed by atoms with E-state index in [1.54, 1.807) is 0 Å². The summed E-state index contributed by atoms with van der Waals surface area (Å²) in [4.78, 5) is 52.5. The zero-order valence-corrected chi connectivity index (χ0v) is 37.7. The Morgan fingerprint density at radius 3 is 2.14 bits per heavy atom. The van der Waals surface area contributed by atoms with Crippen LogP contribution in [-0.2, 0) is 33.4 Å². The molecule has 11 atom stereocenters. The van der Waals surface area contributed by atoms with Crippen LogP contribution < -0.4 is 5.32 Å². The average molecular weight is 1120 g/mol. The second kappa shape index (κ2) is 15.2. The van der Waals surface area contributed by atoms with Crippen molar-refractivity contribution >= 4 is 23.6 Å². The van der Waals surface area contributed by atoms with Crippen LogP contribution >= 0.6 is 0 Å². The zero-order chi connectivity index (χ0) is 35.0. The van der Waals surface area contributed by atoms with Crippen molar-refractivity contribution in [3.05, 3.63) is 46.8 Å². The van der Waals surface area contributed by atoms with Gasteiger partial charge in [-0.1, -0.05) is 26.0 Å². The van der Waals surface area contributed by atoms with Gasteiger partial charge in [0.1, 0.15) is 35.3 Å². The maximum absolute atomic E-state index is 14.3. The Morgan fingerprint density at radius 2 is 1.63 bits per heavy atom. The summed E-state index contributed by atoms with van der Waals surface area (Å²) in [5.41, 5.74) is -7.29. The molecule has 1 saturated heterocycles. The summed E-state index contributed by atoms with van der Waals surface area (Å²) in [6, 6.07) is 3.34. The van der Waals surface area contributed by atoms with E-state index in [0.717, 1.165) is 26.0 Å². The minimum absolute atomic E-state index is 0. The molecule has 1 aromatic carbocycles. The second-order valence-electron chi connectivity index (χ2n) is 14.0. The van der Waals surface area contributed by atoms with Crippen molar-refractivity contribution in [2.24, 2.45) is 16.7 Å². The predicted molar refractivity (Wildman–Crippen MR) is 158 cm³/mol. The van der Waals surface area contributed by atoms with E-state index in [4.69, 9.17) is 14.2 Å². The van der Waals surface area contributed by atoms with Crippen LogP contribution in [-0.4, -0.2) is 104 Å². The smallest absolute Gasteiger partial charge is 0.338 e. The van der Waals surface area contributed by atoms with E-state index in [1.807, 2.05) is 0 Å². The molecule has 1 aromatic rings. The quantitative estimate of drug-likeness (QED) is 0.166. The van der Waals surface area contributed by atoms with E-state index in [-0.39, 0.29) is 118 Å². The summed E-state index contributed by atoms with van der Waals surface area (Å²) in [5.74, 6) is -5.70. The van der Waals surface area contributed by atoms with E-state index in [2.05, 4.69) is 5.32 Å². The third kappa shape index (κ3) is 6.92. The number of aliphatic hydroxyl groups is 5.